The summed E-state index contributed by atoms with van der Waals surface area (Å²) in [5.74, 6) is 2.04. The average molecular weight is 316 g/mol. The second kappa shape index (κ2) is 7.19. The molecule has 0 aromatic carbocycles. The Kier molecular flexibility index (Phi) is 4.82. The Morgan fingerprint density at radius 1 is 1.48 bits per heavy atom. The quantitative estimate of drug-likeness (QED) is 0.707. The second-order valence-electron chi connectivity index (χ2n) is 5.47. The van der Waals surface area contributed by atoms with E-state index in [2.05, 4.69) is 25.7 Å². The van der Waals surface area contributed by atoms with Gasteiger partial charge in [-0.05, 0) is 18.9 Å². The molecule has 2 aromatic rings. The Labute approximate surface area is 134 Å². The Morgan fingerprint density at radius 2 is 2.35 bits per heavy atom. The van der Waals surface area contributed by atoms with E-state index in [9.17, 15) is 4.79 Å². The Balaban J connectivity index is 1.54. The first kappa shape index (κ1) is 15.4. The minimum atomic E-state index is -0.102. The summed E-state index contributed by atoms with van der Waals surface area (Å²) >= 11 is 0. The van der Waals surface area contributed by atoms with Crippen molar-refractivity contribution in [3.05, 3.63) is 30.5 Å². The van der Waals surface area contributed by atoms with E-state index in [1.807, 2.05) is 6.07 Å². The number of anilines is 2. The van der Waals surface area contributed by atoms with E-state index < -0.39 is 0 Å². The van der Waals surface area contributed by atoms with Crippen LogP contribution in [0.1, 0.15) is 24.6 Å². The molecule has 0 radical (unpaired) electrons. The Hall–Kier alpha value is -2.48. The molecule has 23 heavy (non-hydrogen) atoms. The van der Waals surface area contributed by atoms with Gasteiger partial charge in [0, 0.05) is 32.0 Å². The molecular weight excluding hydrogens is 296 g/mol. The van der Waals surface area contributed by atoms with Gasteiger partial charge in [-0.15, -0.1) is 0 Å². The zero-order chi connectivity index (χ0) is 16.1. The SMILES string of the molecule is COCCNC(=O)Cn1cc(Nc2ccnc(C3CC3)n2)cn1. The zero-order valence-electron chi connectivity index (χ0n) is 13.0. The van der Waals surface area contributed by atoms with Gasteiger partial charge in [-0.2, -0.15) is 5.10 Å². The number of carbonyl (C=O) groups is 1. The van der Waals surface area contributed by atoms with E-state index in [0.717, 1.165) is 17.3 Å². The van der Waals surface area contributed by atoms with Crippen molar-refractivity contribution in [2.24, 2.45) is 0 Å². The van der Waals surface area contributed by atoms with Crippen molar-refractivity contribution in [3.8, 4) is 0 Å². The molecule has 8 heteroatoms. The first-order valence-electron chi connectivity index (χ1n) is 7.62. The zero-order valence-corrected chi connectivity index (χ0v) is 13.0. The van der Waals surface area contributed by atoms with Gasteiger partial charge >= 0.3 is 0 Å². The van der Waals surface area contributed by atoms with Crippen molar-refractivity contribution in [3.63, 3.8) is 0 Å². The fraction of sp³-hybridized carbons (Fsp3) is 0.467. The molecule has 3 rings (SSSR count). The largest absolute Gasteiger partial charge is 0.383 e. The van der Waals surface area contributed by atoms with Crippen LogP contribution in [0.25, 0.3) is 0 Å². The van der Waals surface area contributed by atoms with E-state index >= 15 is 0 Å². The molecule has 0 aliphatic heterocycles. The molecule has 122 valence electrons. The maximum Gasteiger partial charge on any atom is 0.241 e. The molecular formula is C15H20N6O2. The van der Waals surface area contributed by atoms with Crippen molar-refractivity contribution >= 4 is 17.4 Å². The van der Waals surface area contributed by atoms with Crippen LogP contribution in [-0.4, -0.2) is 45.9 Å². The van der Waals surface area contributed by atoms with Gasteiger partial charge in [0.05, 0.1) is 18.5 Å². The molecule has 1 aliphatic rings. The third kappa shape index (κ3) is 4.49. The fourth-order valence-corrected chi connectivity index (χ4v) is 2.14. The molecule has 0 bridgehead atoms. The summed E-state index contributed by atoms with van der Waals surface area (Å²) in [4.78, 5) is 20.5. The maximum atomic E-state index is 11.7. The number of rotatable bonds is 8. The summed E-state index contributed by atoms with van der Waals surface area (Å²) in [5.41, 5.74) is 0.787. The molecule has 0 saturated heterocycles. The fourth-order valence-electron chi connectivity index (χ4n) is 2.14. The summed E-state index contributed by atoms with van der Waals surface area (Å²) in [7, 11) is 1.60. The number of carbonyl (C=O) groups excluding carboxylic acids is 1. The predicted octanol–water partition coefficient (Wildman–Crippen LogP) is 1.06. The summed E-state index contributed by atoms with van der Waals surface area (Å²) in [5, 5.41) is 10.1. The highest BCUT2D eigenvalue weighted by Crippen LogP contribution is 2.38. The molecule has 2 heterocycles. The number of methoxy groups -OCH3 is 1. The second-order valence-corrected chi connectivity index (χ2v) is 5.47. The van der Waals surface area contributed by atoms with Crippen LogP contribution in [0.2, 0.25) is 0 Å². The highest BCUT2D eigenvalue weighted by atomic mass is 16.5. The smallest absolute Gasteiger partial charge is 0.241 e. The van der Waals surface area contributed by atoms with Gasteiger partial charge in [0.25, 0.3) is 0 Å². The van der Waals surface area contributed by atoms with Crippen molar-refractivity contribution in [2.45, 2.75) is 25.3 Å². The summed E-state index contributed by atoms with van der Waals surface area (Å²) < 4.78 is 6.46. The first-order chi connectivity index (χ1) is 11.2. The van der Waals surface area contributed by atoms with E-state index in [1.165, 1.54) is 12.8 Å². The van der Waals surface area contributed by atoms with Gasteiger partial charge in [-0.1, -0.05) is 0 Å². The molecule has 8 nitrogen and oxygen atoms in total. The topological polar surface area (TPSA) is 94.0 Å². The number of hydrogen-bond donors (Lipinski definition) is 2. The minimum Gasteiger partial charge on any atom is -0.383 e. The highest BCUT2D eigenvalue weighted by molar-refractivity contribution is 5.75. The van der Waals surface area contributed by atoms with Gasteiger partial charge < -0.3 is 15.4 Å². The predicted molar refractivity (Wildman–Crippen MR) is 84.4 cm³/mol. The molecule has 0 spiro atoms. The third-order valence-electron chi connectivity index (χ3n) is 3.46. The lowest BCUT2D eigenvalue weighted by Gasteiger charge is -2.05. The molecule has 1 fully saturated rings. The molecule has 2 N–H and O–H groups in total. The van der Waals surface area contributed by atoms with E-state index in [1.54, 1.807) is 30.4 Å². The number of amides is 1. The highest BCUT2D eigenvalue weighted by Gasteiger charge is 2.26. The Morgan fingerprint density at radius 3 is 3.13 bits per heavy atom. The van der Waals surface area contributed by atoms with Crippen molar-refractivity contribution in [2.75, 3.05) is 25.6 Å². The van der Waals surface area contributed by atoms with Gasteiger partial charge in [0.1, 0.15) is 18.2 Å². The lowest BCUT2D eigenvalue weighted by molar-refractivity contribution is -0.122. The van der Waals surface area contributed by atoms with Gasteiger partial charge in [0.2, 0.25) is 5.91 Å². The van der Waals surface area contributed by atoms with Crippen molar-refractivity contribution in [1.29, 1.82) is 0 Å². The molecule has 1 aliphatic carbocycles. The number of nitrogens with zero attached hydrogens (tertiary/aromatic N) is 4. The van der Waals surface area contributed by atoms with Crippen LogP contribution in [0.15, 0.2) is 24.7 Å². The van der Waals surface area contributed by atoms with E-state index in [0.29, 0.717) is 19.1 Å². The van der Waals surface area contributed by atoms with Crippen LogP contribution in [0.5, 0.6) is 0 Å². The van der Waals surface area contributed by atoms with Gasteiger partial charge in [-0.25, -0.2) is 9.97 Å². The van der Waals surface area contributed by atoms with Gasteiger partial charge in [-0.3, -0.25) is 9.48 Å². The van der Waals surface area contributed by atoms with Gasteiger partial charge in [0.15, 0.2) is 0 Å². The number of ether oxygens (including phenoxy) is 1. The monoisotopic (exact) mass is 316 g/mol. The number of hydrogen-bond acceptors (Lipinski definition) is 6. The maximum absolute atomic E-state index is 11.7. The van der Waals surface area contributed by atoms with E-state index in [4.69, 9.17) is 4.74 Å². The van der Waals surface area contributed by atoms with Crippen LogP contribution < -0.4 is 10.6 Å². The molecule has 1 amide bonds. The van der Waals surface area contributed by atoms with Crippen LogP contribution >= 0.6 is 0 Å². The van der Waals surface area contributed by atoms with E-state index in [-0.39, 0.29) is 12.5 Å². The molecule has 0 atom stereocenters. The number of aromatic nitrogens is 4. The average Bonchev–Trinajstić information content (AvgIpc) is 3.31. The first-order valence-corrected chi connectivity index (χ1v) is 7.62. The summed E-state index contributed by atoms with van der Waals surface area (Å²) in [6, 6.07) is 1.82. The molecule has 1 saturated carbocycles. The molecule has 0 unspecified atom stereocenters. The number of nitrogens with one attached hydrogen (secondary N) is 2. The normalized spacial score (nSPS) is 13.8. The lowest BCUT2D eigenvalue weighted by atomic mass is 10.4. The summed E-state index contributed by atoms with van der Waals surface area (Å²) in [6.07, 6.45) is 7.53. The minimum absolute atomic E-state index is 0.102. The van der Waals surface area contributed by atoms with Crippen LogP contribution in [0, 0.1) is 0 Å². The van der Waals surface area contributed by atoms with Crippen LogP contribution in [-0.2, 0) is 16.1 Å². The lowest BCUT2D eigenvalue weighted by Crippen LogP contribution is -2.30. The Bertz CT molecular complexity index is 667. The molecule has 2 aromatic heterocycles. The van der Waals surface area contributed by atoms with Crippen LogP contribution in [0.3, 0.4) is 0 Å². The third-order valence-corrected chi connectivity index (χ3v) is 3.46. The van der Waals surface area contributed by atoms with Crippen molar-refractivity contribution < 1.29 is 9.53 Å². The standard InChI is InChI=1S/C15H20N6O2/c1-23-7-6-16-14(22)10-21-9-12(8-18-21)19-13-4-5-17-15(20-13)11-2-3-11/h4-5,8-9,11H,2-3,6-7,10H2,1H3,(H,16,22)(H,17,19,20). The van der Waals surface area contributed by atoms with Crippen molar-refractivity contribution in [1.82, 2.24) is 25.1 Å². The summed E-state index contributed by atoms with van der Waals surface area (Å²) in [6.45, 7) is 1.16. The van der Waals surface area contributed by atoms with Crippen LogP contribution in [0.4, 0.5) is 11.5 Å².